The lowest BCUT2D eigenvalue weighted by Gasteiger charge is -2.07. The second-order valence-electron chi connectivity index (χ2n) is 4.98. The van der Waals surface area contributed by atoms with Crippen LogP contribution in [-0.4, -0.2) is 51.3 Å². The van der Waals surface area contributed by atoms with E-state index < -0.39 is 0 Å². The van der Waals surface area contributed by atoms with Crippen molar-refractivity contribution in [3.05, 3.63) is 24.0 Å². The largest absolute Gasteiger partial charge is 0.379 e. The second-order valence-corrected chi connectivity index (χ2v) is 4.98. The molecule has 0 aliphatic carbocycles. The van der Waals surface area contributed by atoms with Gasteiger partial charge < -0.3 is 24.1 Å². The fraction of sp³-hybridized carbons (Fsp3) is 0.750. The summed E-state index contributed by atoms with van der Waals surface area (Å²) in [6.07, 6.45) is 6.52. The van der Waals surface area contributed by atoms with E-state index >= 15 is 0 Å². The molecule has 0 amide bonds. The molecule has 0 bridgehead atoms. The molecule has 0 spiro atoms. The molecule has 0 fully saturated rings. The van der Waals surface area contributed by atoms with E-state index in [1.807, 2.05) is 7.05 Å². The summed E-state index contributed by atoms with van der Waals surface area (Å²) in [5.41, 5.74) is 1.30. The Hall–Kier alpha value is -0.880. The van der Waals surface area contributed by atoms with Gasteiger partial charge in [-0.1, -0.05) is 13.3 Å². The third kappa shape index (κ3) is 9.63. The molecule has 0 unspecified atom stereocenters. The van der Waals surface area contributed by atoms with E-state index in [0.29, 0.717) is 33.0 Å². The molecular weight excluding hydrogens is 268 g/mol. The van der Waals surface area contributed by atoms with Crippen molar-refractivity contribution >= 4 is 0 Å². The highest BCUT2D eigenvalue weighted by molar-refractivity contribution is 5.09. The Morgan fingerprint density at radius 3 is 2.33 bits per heavy atom. The zero-order valence-corrected chi connectivity index (χ0v) is 13.5. The molecule has 0 saturated carbocycles. The summed E-state index contributed by atoms with van der Waals surface area (Å²) in [6, 6.07) is 2.12. The topological polar surface area (TPSA) is 44.7 Å². The Morgan fingerprint density at radius 2 is 1.67 bits per heavy atom. The van der Waals surface area contributed by atoms with Crippen molar-refractivity contribution in [1.82, 2.24) is 9.88 Å². The molecule has 0 aliphatic heterocycles. The van der Waals surface area contributed by atoms with Crippen molar-refractivity contribution in [2.24, 2.45) is 0 Å². The maximum absolute atomic E-state index is 5.55. The number of hydrogen-bond donors (Lipinski definition) is 1. The molecule has 0 aliphatic rings. The summed E-state index contributed by atoms with van der Waals surface area (Å²) in [4.78, 5) is 0. The molecule has 1 rings (SSSR count). The molecule has 1 heterocycles. The van der Waals surface area contributed by atoms with E-state index in [0.717, 1.165) is 26.1 Å². The summed E-state index contributed by atoms with van der Waals surface area (Å²) in [5.74, 6) is 0. The maximum atomic E-state index is 5.55. The minimum absolute atomic E-state index is 0.633. The molecule has 1 aromatic rings. The fourth-order valence-electron chi connectivity index (χ4n) is 1.90. The van der Waals surface area contributed by atoms with Gasteiger partial charge in [-0.05, 0) is 25.1 Å². The summed E-state index contributed by atoms with van der Waals surface area (Å²) < 4.78 is 18.5. The van der Waals surface area contributed by atoms with E-state index in [2.05, 4.69) is 35.3 Å². The number of nitrogens with zero attached hydrogens (tertiary/aromatic N) is 1. The Bertz CT molecular complexity index is 342. The van der Waals surface area contributed by atoms with Crippen LogP contribution in [-0.2, 0) is 27.3 Å². The van der Waals surface area contributed by atoms with E-state index in [4.69, 9.17) is 14.2 Å². The van der Waals surface area contributed by atoms with Gasteiger partial charge >= 0.3 is 0 Å². The van der Waals surface area contributed by atoms with Crippen molar-refractivity contribution in [3.8, 4) is 0 Å². The molecule has 0 aromatic carbocycles. The van der Waals surface area contributed by atoms with Crippen LogP contribution in [0.5, 0.6) is 0 Å². The summed E-state index contributed by atoms with van der Waals surface area (Å²) in [5, 5.41) is 3.14. The van der Waals surface area contributed by atoms with Gasteiger partial charge in [-0.3, -0.25) is 0 Å². The number of nitrogens with one attached hydrogen (secondary N) is 1. The van der Waals surface area contributed by atoms with Gasteiger partial charge in [0.05, 0.1) is 33.0 Å². The molecular formula is C16H30N2O3. The average Bonchev–Trinajstić information content (AvgIpc) is 2.93. The highest BCUT2D eigenvalue weighted by atomic mass is 16.5. The molecule has 0 radical (unpaired) electrons. The lowest BCUT2D eigenvalue weighted by atomic mass is 10.3. The monoisotopic (exact) mass is 298 g/mol. The Morgan fingerprint density at radius 1 is 1.00 bits per heavy atom. The van der Waals surface area contributed by atoms with Crippen LogP contribution in [0.1, 0.15) is 25.3 Å². The van der Waals surface area contributed by atoms with Crippen LogP contribution in [0.4, 0.5) is 0 Å². The SMILES string of the molecule is CCCCOCCOCCOCCn1ccc(CNC)c1. The third-order valence-corrected chi connectivity index (χ3v) is 3.07. The Balaban J connectivity index is 1.86. The predicted octanol–water partition coefficient (Wildman–Crippen LogP) is 2.06. The van der Waals surface area contributed by atoms with Crippen LogP contribution < -0.4 is 5.32 Å². The smallest absolute Gasteiger partial charge is 0.0701 e. The van der Waals surface area contributed by atoms with Crippen molar-refractivity contribution in [2.75, 3.05) is 46.7 Å². The van der Waals surface area contributed by atoms with Gasteiger partial charge in [0.15, 0.2) is 0 Å². The second kappa shape index (κ2) is 12.8. The highest BCUT2D eigenvalue weighted by Gasteiger charge is 1.96. The third-order valence-electron chi connectivity index (χ3n) is 3.07. The number of ether oxygens (including phenoxy) is 3. The Labute approximate surface area is 128 Å². The minimum atomic E-state index is 0.633. The fourth-order valence-corrected chi connectivity index (χ4v) is 1.90. The van der Waals surface area contributed by atoms with Crippen LogP contribution in [0.3, 0.4) is 0 Å². The average molecular weight is 298 g/mol. The first-order chi connectivity index (χ1) is 10.4. The van der Waals surface area contributed by atoms with E-state index in [1.54, 1.807) is 0 Å². The lowest BCUT2D eigenvalue weighted by molar-refractivity contribution is 0.0127. The Kier molecular flexibility index (Phi) is 11.1. The quantitative estimate of drug-likeness (QED) is 0.534. The van der Waals surface area contributed by atoms with Gasteiger partial charge in [-0.2, -0.15) is 0 Å². The van der Waals surface area contributed by atoms with Crippen LogP contribution in [0.2, 0.25) is 0 Å². The molecule has 21 heavy (non-hydrogen) atoms. The van der Waals surface area contributed by atoms with Crippen molar-refractivity contribution in [1.29, 1.82) is 0 Å². The first kappa shape index (κ1) is 18.2. The van der Waals surface area contributed by atoms with E-state index in [9.17, 15) is 0 Å². The first-order valence-electron chi connectivity index (χ1n) is 7.89. The van der Waals surface area contributed by atoms with Crippen molar-refractivity contribution in [2.45, 2.75) is 32.9 Å². The zero-order chi connectivity index (χ0) is 15.2. The van der Waals surface area contributed by atoms with E-state index in [1.165, 1.54) is 12.0 Å². The number of aromatic nitrogens is 1. The molecule has 0 saturated heterocycles. The van der Waals surface area contributed by atoms with Gasteiger partial charge in [0, 0.05) is 32.1 Å². The van der Waals surface area contributed by atoms with Gasteiger partial charge in [-0.15, -0.1) is 0 Å². The number of unbranched alkanes of at least 4 members (excludes halogenated alkanes) is 1. The summed E-state index contributed by atoms with van der Waals surface area (Å²) in [7, 11) is 1.95. The molecule has 1 aromatic heterocycles. The van der Waals surface area contributed by atoms with Crippen LogP contribution in [0, 0.1) is 0 Å². The van der Waals surface area contributed by atoms with Crippen molar-refractivity contribution < 1.29 is 14.2 Å². The van der Waals surface area contributed by atoms with Gasteiger partial charge in [-0.25, -0.2) is 0 Å². The normalized spacial score (nSPS) is 11.1. The minimum Gasteiger partial charge on any atom is -0.379 e. The highest BCUT2D eigenvalue weighted by Crippen LogP contribution is 2.00. The van der Waals surface area contributed by atoms with Gasteiger partial charge in [0.1, 0.15) is 0 Å². The molecule has 122 valence electrons. The maximum Gasteiger partial charge on any atom is 0.0701 e. The summed E-state index contributed by atoms with van der Waals surface area (Å²) in [6.45, 7) is 8.09. The van der Waals surface area contributed by atoms with Crippen molar-refractivity contribution in [3.63, 3.8) is 0 Å². The predicted molar refractivity (Wildman–Crippen MR) is 84.6 cm³/mol. The van der Waals surface area contributed by atoms with Gasteiger partial charge in [0.25, 0.3) is 0 Å². The van der Waals surface area contributed by atoms with E-state index in [-0.39, 0.29) is 0 Å². The molecule has 0 atom stereocenters. The number of rotatable bonds is 14. The zero-order valence-electron chi connectivity index (χ0n) is 13.5. The van der Waals surface area contributed by atoms with Crippen LogP contribution in [0.25, 0.3) is 0 Å². The lowest BCUT2D eigenvalue weighted by Crippen LogP contribution is -2.12. The standard InChI is InChI=1S/C16H30N2O3/c1-3-4-8-19-10-12-21-13-11-20-9-7-18-6-5-16(15-18)14-17-2/h5-6,15,17H,3-4,7-14H2,1-2H3. The molecule has 1 N–H and O–H groups in total. The summed E-state index contributed by atoms with van der Waals surface area (Å²) >= 11 is 0. The molecule has 5 nitrogen and oxygen atoms in total. The van der Waals surface area contributed by atoms with Crippen LogP contribution >= 0.6 is 0 Å². The molecule has 5 heteroatoms. The number of hydrogen-bond acceptors (Lipinski definition) is 4. The first-order valence-corrected chi connectivity index (χ1v) is 7.89. The van der Waals surface area contributed by atoms with Gasteiger partial charge in [0.2, 0.25) is 0 Å². The van der Waals surface area contributed by atoms with Crippen LogP contribution in [0.15, 0.2) is 18.5 Å².